The fourth-order valence-corrected chi connectivity index (χ4v) is 1.55. The molecule has 1 aromatic carbocycles. The monoisotopic (exact) mass is 227 g/mol. The van der Waals surface area contributed by atoms with Gasteiger partial charge in [0.1, 0.15) is 5.76 Å². The summed E-state index contributed by atoms with van der Waals surface area (Å²) in [7, 11) is 0. The van der Waals surface area contributed by atoms with Gasteiger partial charge in [-0.25, -0.2) is 4.98 Å². The Bertz CT molecular complexity index is 540. The van der Waals surface area contributed by atoms with Crippen molar-refractivity contribution in [3.63, 3.8) is 0 Å². The van der Waals surface area contributed by atoms with Crippen molar-refractivity contribution >= 4 is 0 Å². The molecule has 0 saturated carbocycles. The fraction of sp³-hybridized carbons (Fsp3) is 0.231. The highest BCUT2D eigenvalue weighted by Crippen LogP contribution is 2.05. The van der Waals surface area contributed by atoms with Crippen LogP contribution in [0.3, 0.4) is 0 Å². The van der Waals surface area contributed by atoms with E-state index >= 15 is 0 Å². The lowest BCUT2D eigenvalue weighted by Gasteiger charge is -2.02. The maximum Gasteiger partial charge on any atom is 0.208 e. The molecule has 0 aliphatic heterocycles. The number of nitrogens with one attached hydrogen (secondary N) is 1. The van der Waals surface area contributed by atoms with Crippen LogP contribution in [0.25, 0.3) is 0 Å². The van der Waals surface area contributed by atoms with Gasteiger partial charge in [-0.2, -0.15) is 5.26 Å². The first-order valence-electron chi connectivity index (χ1n) is 5.39. The number of rotatable bonds is 4. The average molecular weight is 227 g/mol. The van der Waals surface area contributed by atoms with Crippen molar-refractivity contribution < 1.29 is 4.42 Å². The largest absolute Gasteiger partial charge is 0.445 e. The molecule has 0 amide bonds. The van der Waals surface area contributed by atoms with Gasteiger partial charge in [-0.15, -0.1) is 0 Å². The lowest BCUT2D eigenvalue weighted by atomic mass is 10.1. The lowest BCUT2D eigenvalue weighted by molar-refractivity contribution is 0.449. The first-order valence-corrected chi connectivity index (χ1v) is 5.39. The van der Waals surface area contributed by atoms with Crippen LogP contribution in [0.1, 0.15) is 22.8 Å². The smallest absolute Gasteiger partial charge is 0.208 e. The third-order valence-electron chi connectivity index (χ3n) is 2.33. The molecule has 0 spiro atoms. The third-order valence-corrected chi connectivity index (χ3v) is 2.33. The zero-order chi connectivity index (χ0) is 12.1. The molecule has 86 valence electrons. The molecular weight excluding hydrogens is 214 g/mol. The molecule has 2 rings (SSSR count). The van der Waals surface area contributed by atoms with Crippen molar-refractivity contribution in [3.8, 4) is 6.07 Å². The number of oxazole rings is 1. The number of hydrogen-bond donors (Lipinski definition) is 1. The Hall–Kier alpha value is -2.12. The Labute approximate surface area is 99.9 Å². The molecule has 2 aromatic rings. The second kappa shape index (κ2) is 5.28. The molecule has 17 heavy (non-hydrogen) atoms. The highest BCUT2D eigenvalue weighted by Gasteiger charge is 2.00. The second-order valence-corrected chi connectivity index (χ2v) is 3.78. The van der Waals surface area contributed by atoms with Crippen LogP contribution in [0.15, 0.2) is 34.9 Å². The summed E-state index contributed by atoms with van der Waals surface area (Å²) in [5.74, 6) is 1.49. The molecule has 0 bridgehead atoms. The number of nitriles is 1. The van der Waals surface area contributed by atoms with Gasteiger partial charge in [-0.3, -0.25) is 0 Å². The van der Waals surface area contributed by atoms with E-state index in [9.17, 15) is 0 Å². The van der Waals surface area contributed by atoms with Crippen molar-refractivity contribution in [2.75, 3.05) is 0 Å². The van der Waals surface area contributed by atoms with Crippen molar-refractivity contribution in [1.82, 2.24) is 10.3 Å². The highest BCUT2D eigenvalue weighted by molar-refractivity contribution is 5.32. The highest BCUT2D eigenvalue weighted by atomic mass is 16.4. The van der Waals surface area contributed by atoms with Crippen LogP contribution in [-0.2, 0) is 13.1 Å². The van der Waals surface area contributed by atoms with E-state index in [1.54, 1.807) is 12.3 Å². The van der Waals surface area contributed by atoms with E-state index in [0.29, 0.717) is 24.5 Å². The molecule has 4 heteroatoms. The van der Waals surface area contributed by atoms with Gasteiger partial charge in [-0.1, -0.05) is 12.1 Å². The lowest BCUT2D eigenvalue weighted by Crippen LogP contribution is -2.12. The van der Waals surface area contributed by atoms with E-state index < -0.39 is 0 Å². The molecule has 1 aromatic heterocycles. The van der Waals surface area contributed by atoms with E-state index in [0.717, 1.165) is 11.3 Å². The summed E-state index contributed by atoms with van der Waals surface area (Å²) in [6, 6.07) is 9.64. The number of hydrogen-bond acceptors (Lipinski definition) is 4. The molecule has 0 aliphatic rings. The minimum atomic E-state index is 0.588. The third kappa shape index (κ3) is 3.16. The summed E-state index contributed by atoms with van der Waals surface area (Å²) < 4.78 is 5.34. The summed E-state index contributed by atoms with van der Waals surface area (Å²) >= 11 is 0. The zero-order valence-electron chi connectivity index (χ0n) is 9.60. The van der Waals surface area contributed by atoms with Gasteiger partial charge in [0.05, 0.1) is 24.4 Å². The standard InChI is InChI=1S/C13H13N3O/c1-10-7-16-13(17-10)9-15-8-12-4-2-3-11(5-12)6-14/h2-5,7,15H,8-9H2,1H3. The second-order valence-electron chi connectivity index (χ2n) is 3.78. The predicted octanol–water partition coefficient (Wildman–Crippen LogP) is 2.14. The quantitative estimate of drug-likeness (QED) is 0.869. The summed E-state index contributed by atoms with van der Waals surface area (Å²) in [5.41, 5.74) is 1.75. The maximum atomic E-state index is 8.77. The van der Waals surface area contributed by atoms with Crippen LogP contribution in [-0.4, -0.2) is 4.98 Å². The van der Waals surface area contributed by atoms with Crippen molar-refractivity contribution in [2.24, 2.45) is 0 Å². The Morgan fingerprint density at radius 1 is 1.41 bits per heavy atom. The number of nitrogens with zero attached hydrogens (tertiary/aromatic N) is 2. The van der Waals surface area contributed by atoms with E-state index in [4.69, 9.17) is 9.68 Å². The molecule has 0 fully saturated rings. The number of aromatic nitrogens is 1. The molecule has 0 atom stereocenters. The Morgan fingerprint density at radius 2 is 2.29 bits per heavy atom. The molecule has 1 heterocycles. The van der Waals surface area contributed by atoms with Gasteiger partial charge < -0.3 is 9.73 Å². The summed E-state index contributed by atoms with van der Waals surface area (Å²) in [6.07, 6.45) is 1.70. The van der Waals surface area contributed by atoms with Gasteiger partial charge in [0.2, 0.25) is 5.89 Å². The molecule has 4 nitrogen and oxygen atoms in total. The molecular formula is C13H13N3O. The Morgan fingerprint density at radius 3 is 3.00 bits per heavy atom. The van der Waals surface area contributed by atoms with Crippen LogP contribution in [0.2, 0.25) is 0 Å². The van der Waals surface area contributed by atoms with Gasteiger partial charge in [0.25, 0.3) is 0 Å². The van der Waals surface area contributed by atoms with E-state index in [1.165, 1.54) is 0 Å². The predicted molar refractivity (Wildman–Crippen MR) is 62.9 cm³/mol. The Balaban J connectivity index is 1.88. The average Bonchev–Trinajstić information content (AvgIpc) is 2.75. The fourth-order valence-electron chi connectivity index (χ4n) is 1.55. The number of aryl methyl sites for hydroxylation is 1. The van der Waals surface area contributed by atoms with E-state index in [-0.39, 0.29) is 0 Å². The van der Waals surface area contributed by atoms with E-state index in [1.807, 2.05) is 25.1 Å². The summed E-state index contributed by atoms with van der Waals surface area (Å²) in [5, 5.41) is 12.0. The SMILES string of the molecule is Cc1cnc(CNCc2cccc(C#N)c2)o1. The zero-order valence-corrected chi connectivity index (χ0v) is 9.60. The molecule has 1 N–H and O–H groups in total. The molecule has 0 unspecified atom stereocenters. The number of benzene rings is 1. The maximum absolute atomic E-state index is 8.77. The summed E-state index contributed by atoms with van der Waals surface area (Å²) in [4.78, 5) is 4.10. The normalized spacial score (nSPS) is 10.1. The van der Waals surface area contributed by atoms with Crippen molar-refractivity contribution in [3.05, 3.63) is 53.2 Å². The van der Waals surface area contributed by atoms with Gasteiger partial charge in [0.15, 0.2) is 0 Å². The van der Waals surface area contributed by atoms with Gasteiger partial charge >= 0.3 is 0 Å². The first kappa shape index (κ1) is 11.4. The van der Waals surface area contributed by atoms with Crippen LogP contribution >= 0.6 is 0 Å². The topological polar surface area (TPSA) is 61.9 Å². The minimum Gasteiger partial charge on any atom is -0.445 e. The molecule has 0 radical (unpaired) electrons. The first-order chi connectivity index (χ1) is 8.28. The summed E-state index contributed by atoms with van der Waals surface area (Å²) in [6.45, 7) is 3.15. The van der Waals surface area contributed by atoms with E-state index in [2.05, 4.69) is 16.4 Å². The minimum absolute atomic E-state index is 0.588. The molecule has 0 aliphatic carbocycles. The van der Waals surface area contributed by atoms with Crippen LogP contribution in [0.4, 0.5) is 0 Å². The van der Waals surface area contributed by atoms with Crippen molar-refractivity contribution in [2.45, 2.75) is 20.0 Å². The van der Waals surface area contributed by atoms with Gasteiger partial charge in [0, 0.05) is 6.54 Å². The van der Waals surface area contributed by atoms with Crippen LogP contribution in [0.5, 0.6) is 0 Å². The van der Waals surface area contributed by atoms with Crippen LogP contribution in [0, 0.1) is 18.3 Å². The van der Waals surface area contributed by atoms with Crippen molar-refractivity contribution in [1.29, 1.82) is 5.26 Å². The van der Waals surface area contributed by atoms with Crippen LogP contribution < -0.4 is 5.32 Å². The van der Waals surface area contributed by atoms with Gasteiger partial charge in [-0.05, 0) is 24.6 Å². The Kier molecular flexibility index (Phi) is 3.53. The molecule has 0 saturated heterocycles.